The van der Waals surface area contributed by atoms with Gasteiger partial charge in [0.2, 0.25) is 11.8 Å². The Balaban J connectivity index is 1.85. The van der Waals surface area contributed by atoms with Crippen LogP contribution in [0.3, 0.4) is 0 Å². The minimum absolute atomic E-state index is 0.0628. The van der Waals surface area contributed by atoms with Crippen LogP contribution < -0.4 is 11.1 Å². The summed E-state index contributed by atoms with van der Waals surface area (Å²) in [6.07, 6.45) is 2.79. The van der Waals surface area contributed by atoms with Crippen LogP contribution in [0, 0.1) is 11.8 Å². The maximum absolute atomic E-state index is 12.3. The summed E-state index contributed by atoms with van der Waals surface area (Å²) in [7, 11) is 0. The van der Waals surface area contributed by atoms with Crippen molar-refractivity contribution in [1.82, 2.24) is 9.88 Å². The standard InChI is InChI=1S/C16H23ClN4O2/c1-10(11(2)18)16(23)21-7-5-12(6-8-21)15(22)20-14-4-3-13(17)9-19-14/h3-4,9-12H,5-8,18H2,1-2H3,(H,19,20,22). The molecule has 0 aliphatic carbocycles. The summed E-state index contributed by atoms with van der Waals surface area (Å²) in [6.45, 7) is 4.85. The van der Waals surface area contributed by atoms with Crippen LogP contribution in [0.1, 0.15) is 26.7 Å². The van der Waals surface area contributed by atoms with E-state index in [0.717, 1.165) is 0 Å². The van der Waals surface area contributed by atoms with E-state index in [1.54, 1.807) is 17.0 Å². The lowest BCUT2D eigenvalue weighted by molar-refractivity contribution is -0.138. The van der Waals surface area contributed by atoms with Crippen LogP contribution in [0.15, 0.2) is 18.3 Å². The van der Waals surface area contributed by atoms with E-state index >= 15 is 0 Å². The number of nitrogens with two attached hydrogens (primary N) is 1. The monoisotopic (exact) mass is 338 g/mol. The average Bonchev–Trinajstić information content (AvgIpc) is 2.55. The quantitative estimate of drug-likeness (QED) is 0.877. The van der Waals surface area contributed by atoms with Gasteiger partial charge in [-0.05, 0) is 31.9 Å². The number of aromatic nitrogens is 1. The highest BCUT2D eigenvalue weighted by Crippen LogP contribution is 2.21. The first-order valence-corrected chi connectivity index (χ1v) is 8.23. The first kappa shape index (κ1) is 17.7. The minimum Gasteiger partial charge on any atom is -0.342 e. The molecule has 0 bridgehead atoms. The van der Waals surface area contributed by atoms with E-state index < -0.39 is 0 Å². The van der Waals surface area contributed by atoms with Gasteiger partial charge in [0.25, 0.3) is 0 Å². The third-order valence-electron chi connectivity index (χ3n) is 4.33. The van der Waals surface area contributed by atoms with Crippen LogP contribution in [0.5, 0.6) is 0 Å². The highest BCUT2D eigenvalue weighted by atomic mass is 35.5. The highest BCUT2D eigenvalue weighted by molar-refractivity contribution is 6.30. The first-order chi connectivity index (χ1) is 10.9. The summed E-state index contributed by atoms with van der Waals surface area (Å²) in [5.74, 6) is 0.189. The molecule has 2 unspecified atom stereocenters. The zero-order valence-corrected chi connectivity index (χ0v) is 14.2. The summed E-state index contributed by atoms with van der Waals surface area (Å²) >= 11 is 5.77. The molecular formula is C16H23ClN4O2. The molecule has 0 spiro atoms. The third-order valence-corrected chi connectivity index (χ3v) is 4.56. The second-order valence-corrected chi connectivity index (χ2v) is 6.53. The largest absolute Gasteiger partial charge is 0.342 e. The molecule has 23 heavy (non-hydrogen) atoms. The second kappa shape index (κ2) is 7.75. The van der Waals surface area contributed by atoms with Gasteiger partial charge in [-0.1, -0.05) is 18.5 Å². The van der Waals surface area contributed by atoms with E-state index in [1.807, 2.05) is 13.8 Å². The maximum Gasteiger partial charge on any atom is 0.228 e. The van der Waals surface area contributed by atoms with Crippen molar-refractivity contribution in [2.45, 2.75) is 32.7 Å². The van der Waals surface area contributed by atoms with E-state index in [0.29, 0.717) is 36.8 Å². The molecule has 1 aliphatic heterocycles. The van der Waals surface area contributed by atoms with E-state index in [9.17, 15) is 9.59 Å². The molecule has 1 saturated heterocycles. The third kappa shape index (κ3) is 4.65. The first-order valence-electron chi connectivity index (χ1n) is 7.85. The molecule has 0 aromatic carbocycles. The van der Waals surface area contributed by atoms with E-state index in [4.69, 9.17) is 17.3 Å². The summed E-state index contributed by atoms with van der Waals surface area (Å²) in [6, 6.07) is 3.18. The summed E-state index contributed by atoms with van der Waals surface area (Å²) in [4.78, 5) is 30.4. The van der Waals surface area contributed by atoms with Gasteiger partial charge >= 0.3 is 0 Å². The number of carbonyl (C=O) groups excluding carboxylic acids is 2. The van der Waals surface area contributed by atoms with Crippen LogP contribution in [0.25, 0.3) is 0 Å². The van der Waals surface area contributed by atoms with Crippen LogP contribution in [-0.4, -0.2) is 40.8 Å². The van der Waals surface area contributed by atoms with Gasteiger partial charge in [0.15, 0.2) is 0 Å². The number of nitrogens with one attached hydrogen (secondary N) is 1. The van der Waals surface area contributed by atoms with Gasteiger partial charge < -0.3 is 16.0 Å². The van der Waals surface area contributed by atoms with Crippen LogP contribution in [-0.2, 0) is 9.59 Å². The fraction of sp³-hybridized carbons (Fsp3) is 0.562. The Bertz CT molecular complexity index is 554. The maximum atomic E-state index is 12.3. The lowest BCUT2D eigenvalue weighted by Crippen LogP contribution is -2.46. The lowest BCUT2D eigenvalue weighted by Gasteiger charge is -2.33. The van der Waals surface area contributed by atoms with Crippen molar-refractivity contribution in [3.63, 3.8) is 0 Å². The molecule has 2 heterocycles. The number of hydrogen-bond donors (Lipinski definition) is 2. The predicted molar refractivity (Wildman–Crippen MR) is 90.0 cm³/mol. The van der Waals surface area contributed by atoms with Crippen molar-refractivity contribution in [2.24, 2.45) is 17.6 Å². The molecule has 6 nitrogen and oxygen atoms in total. The smallest absolute Gasteiger partial charge is 0.228 e. The normalized spacial score (nSPS) is 18.3. The van der Waals surface area contributed by atoms with Gasteiger partial charge in [-0.15, -0.1) is 0 Å². The Hall–Kier alpha value is -1.66. The van der Waals surface area contributed by atoms with E-state index in [2.05, 4.69) is 10.3 Å². The number of pyridine rings is 1. The number of likely N-dealkylation sites (tertiary alicyclic amines) is 1. The van der Waals surface area contributed by atoms with Gasteiger partial charge in [0, 0.05) is 31.2 Å². The van der Waals surface area contributed by atoms with Crippen molar-refractivity contribution in [2.75, 3.05) is 18.4 Å². The molecule has 2 atom stereocenters. The topological polar surface area (TPSA) is 88.3 Å². The van der Waals surface area contributed by atoms with E-state index in [1.165, 1.54) is 6.20 Å². The number of carbonyl (C=O) groups is 2. The molecular weight excluding hydrogens is 316 g/mol. The minimum atomic E-state index is -0.196. The van der Waals surface area contributed by atoms with Gasteiger partial charge in [-0.25, -0.2) is 4.98 Å². The summed E-state index contributed by atoms with van der Waals surface area (Å²) < 4.78 is 0. The van der Waals surface area contributed by atoms with Crippen LogP contribution in [0.4, 0.5) is 5.82 Å². The van der Waals surface area contributed by atoms with Crippen molar-refractivity contribution in [1.29, 1.82) is 0 Å². The zero-order chi connectivity index (χ0) is 17.0. The van der Waals surface area contributed by atoms with Gasteiger partial charge in [-0.2, -0.15) is 0 Å². The Kier molecular flexibility index (Phi) is 5.96. The Morgan fingerprint density at radius 3 is 2.52 bits per heavy atom. The fourth-order valence-corrected chi connectivity index (χ4v) is 2.66. The highest BCUT2D eigenvalue weighted by Gasteiger charge is 2.30. The van der Waals surface area contributed by atoms with Crippen molar-refractivity contribution in [3.05, 3.63) is 23.4 Å². The molecule has 126 valence electrons. The molecule has 1 aromatic heterocycles. The molecule has 1 fully saturated rings. The number of amides is 2. The predicted octanol–water partition coefficient (Wildman–Crippen LogP) is 1.90. The molecule has 2 rings (SSSR count). The number of halogens is 1. The summed E-state index contributed by atoms with van der Waals surface area (Å²) in [5.41, 5.74) is 5.79. The van der Waals surface area contributed by atoms with Gasteiger partial charge in [0.1, 0.15) is 5.82 Å². The Morgan fingerprint density at radius 2 is 2.00 bits per heavy atom. The molecule has 7 heteroatoms. The van der Waals surface area contributed by atoms with Crippen molar-refractivity contribution in [3.8, 4) is 0 Å². The van der Waals surface area contributed by atoms with Gasteiger partial charge in [-0.3, -0.25) is 9.59 Å². The number of anilines is 1. The fourth-order valence-electron chi connectivity index (χ4n) is 2.55. The number of hydrogen-bond acceptors (Lipinski definition) is 4. The molecule has 3 N–H and O–H groups in total. The average molecular weight is 339 g/mol. The second-order valence-electron chi connectivity index (χ2n) is 6.10. The molecule has 1 aromatic rings. The number of piperidine rings is 1. The number of rotatable bonds is 4. The molecule has 0 saturated carbocycles. The Morgan fingerprint density at radius 1 is 1.35 bits per heavy atom. The Labute approximate surface area is 141 Å². The molecule has 0 radical (unpaired) electrons. The summed E-state index contributed by atoms with van der Waals surface area (Å²) in [5, 5.41) is 3.32. The zero-order valence-electron chi connectivity index (χ0n) is 13.5. The number of nitrogens with zero attached hydrogens (tertiary/aromatic N) is 2. The van der Waals surface area contributed by atoms with Gasteiger partial charge in [0.05, 0.1) is 10.9 Å². The lowest BCUT2D eigenvalue weighted by atomic mass is 9.94. The van der Waals surface area contributed by atoms with Crippen molar-refractivity contribution < 1.29 is 9.59 Å². The van der Waals surface area contributed by atoms with Crippen LogP contribution >= 0.6 is 11.6 Å². The van der Waals surface area contributed by atoms with Crippen molar-refractivity contribution >= 4 is 29.2 Å². The van der Waals surface area contributed by atoms with Crippen LogP contribution in [0.2, 0.25) is 5.02 Å². The molecule has 1 aliphatic rings. The van der Waals surface area contributed by atoms with E-state index in [-0.39, 0.29) is 29.7 Å². The molecule has 2 amide bonds. The SMILES string of the molecule is CC(N)C(C)C(=O)N1CCC(C(=O)Nc2ccc(Cl)cn2)CC1.